The molecule has 0 atom stereocenters. The molecule has 1 aliphatic rings. The molecule has 0 aromatic heterocycles. The molecule has 200 valence electrons. The molecular formula is C36H50O. The van der Waals surface area contributed by atoms with Crippen LogP contribution in [0, 0.1) is 11.8 Å². The van der Waals surface area contributed by atoms with Gasteiger partial charge in [-0.25, -0.2) is 0 Å². The summed E-state index contributed by atoms with van der Waals surface area (Å²) in [4.78, 5) is 0. The molecule has 0 amide bonds. The lowest BCUT2D eigenvalue weighted by atomic mass is 9.78. The van der Waals surface area contributed by atoms with Gasteiger partial charge in [-0.2, -0.15) is 0 Å². The molecule has 1 heteroatoms. The van der Waals surface area contributed by atoms with E-state index >= 15 is 0 Å². The number of rotatable bonds is 18. The summed E-state index contributed by atoms with van der Waals surface area (Å²) in [6.07, 6.45) is 26.5. The molecule has 0 N–H and O–H groups in total. The second-order valence-corrected chi connectivity index (χ2v) is 11.0. The van der Waals surface area contributed by atoms with Gasteiger partial charge in [0.2, 0.25) is 0 Å². The fraction of sp³-hybridized carbons (Fsp3) is 0.500. The maximum atomic E-state index is 5.66. The smallest absolute Gasteiger partial charge is 0.0717 e. The molecule has 0 saturated heterocycles. The van der Waals surface area contributed by atoms with E-state index in [0.29, 0.717) is 6.61 Å². The van der Waals surface area contributed by atoms with Crippen molar-refractivity contribution in [3.05, 3.63) is 108 Å². The lowest BCUT2D eigenvalue weighted by Crippen LogP contribution is -2.14. The van der Waals surface area contributed by atoms with Crippen molar-refractivity contribution in [3.63, 3.8) is 0 Å². The number of hydrogen-bond donors (Lipinski definition) is 0. The van der Waals surface area contributed by atoms with Crippen molar-refractivity contribution < 1.29 is 4.74 Å². The van der Waals surface area contributed by atoms with Crippen molar-refractivity contribution >= 4 is 0 Å². The van der Waals surface area contributed by atoms with Crippen molar-refractivity contribution in [2.24, 2.45) is 11.8 Å². The van der Waals surface area contributed by atoms with Crippen LogP contribution in [-0.2, 0) is 30.6 Å². The molecule has 0 aliphatic heterocycles. The molecule has 0 heterocycles. The van der Waals surface area contributed by atoms with E-state index in [1.165, 1.54) is 86.5 Å². The summed E-state index contributed by atoms with van der Waals surface area (Å²) < 4.78 is 5.66. The Hall–Kier alpha value is -2.38. The summed E-state index contributed by atoms with van der Waals surface area (Å²) in [5, 5.41) is 0. The summed E-state index contributed by atoms with van der Waals surface area (Å²) in [5.74, 6) is 1.86. The zero-order valence-corrected chi connectivity index (χ0v) is 23.2. The first-order valence-corrected chi connectivity index (χ1v) is 14.9. The molecular weight excluding hydrogens is 448 g/mol. The highest BCUT2D eigenvalue weighted by atomic mass is 16.5. The minimum atomic E-state index is 0.706. The van der Waals surface area contributed by atoms with Crippen molar-refractivity contribution in [1.29, 1.82) is 0 Å². The molecule has 1 aliphatic carbocycles. The van der Waals surface area contributed by atoms with E-state index in [-0.39, 0.29) is 0 Å². The summed E-state index contributed by atoms with van der Waals surface area (Å²) in [6.45, 7) is 9.01. The van der Waals surface area contributed by atoms with Gasteiger partial charge in [0, 0.05) is 0 Å². The van der Waals surface area contributed by atoms with Crippen LogP contribution in [-0.4, -0.2) is 6.61 Å². The van der Waals surface area contributed by atoms with Crippen molar-refractivity contribution in [2.75, 3.05) is 6.61 Å². The van der Waals surface area contributed by atoms with Gasteiger partial charge in [-0.15, -0.1) is 13.2 Å². The normalized spacial score (nSPS) is 17.7. The predicted octanol–water partition coefficient (Wildman–Crippen LogP) is 10.00. The van der Waals surface area contributed by atoms with Gasteiger partial charge in [0.1, 0.15) is 0 Å². The number of benzene rings is 2. The van der Waals surface area contributed by atoms with E-state index in [4.69, 9.17) is 4.74 Å². The van der Waals surface area contributed by atoms with Crippen molar-refractivity contribution in [1.82, 2.24) is 0 Å². The van der Waals surface area contributed by atoms with Gasteiger partial charge in [-0.3, -0.25) is 0 Å². The molecule has 0 unspecified atom stereocenters. The van der Waals surface area contributed by atoms with Gasteiger partial charge in [0.05, 0.1) is 13.2 Å². The van der Waals surface area contributed by atoms with Crippen LogP contribution in [0.3, 0.4) is 0 Å². The topological polar surface area (TPSA) is 9.23 Å². The second kappa shape index (κ2) is 18.0. The van der Waals surface area contributed by atoms with E-state index in [1.54, 1.807) is 0 Å². The van der Waals surface area contributed by atoms with Gasteiger partial charge < -0.3 is 4.74 Å². The van der Waals surface area contributed by atoms with Crippen LogP contribution in [0.1, 0.15) is 92.9 Å². The van der Waals surface area contributed by atoms with Gasteiger partial charge in [-0.05, 0) is 98.3 Å². The Morgan fingerprint density at radius 2 is 1.24 bits per heavy atom. The molecule has 1 saturated carbocycles. The molecule has 1 fully saturated rings. The number of aryl methyl sites for hydroxylation is 2. The fourth-order valence-electron chi connectivity index (χ4n) is 5.48. The van der Waals surface area contributed by atoms with Crippen LogP contribution in [0.15, 0.2) is 86.0 Å². The quantitative estimate of drug-likeness (QED) is 0.147. The maximum Gasteiger partial charge on any atom is 0.0717 e. The number of ether oxygens (including phenoxy) is 1. The summed E-state index contributed by atoms with van der Waals surface area (Å²) in [5.41, 5.74) is 5.60. The van der Waals surface area contributed by atoms with E-state index in [9.17, 15) is 0 Å². The number of unbranched alkanes of at least 4 members (excludes halogenated alkanes) is 2. The number of allylic oxidation sites excluding steroid dienone is 3. The lowest BCUT2D eigenvalue weighted by Gasteiger charge is -2.28. The number of hydrogen-bond acceptors (Lipinski definition) is 1. The lowest BCUT2D eigenvalue weighted by molar-refractivity contribution is 0.125. The highest BCUT2D eigenvalue weighted by molar-refractivity contribution is 5.24. The van der Waals surface area contributed by atoms with Gasteiger partial charge in [0.25, 0.3) is 0 Å². The first-order chi connectivity index (χ1) is 18.3. The summed E-state index contributed by atoms with van der Waals surface area (Å²) >= 11 is 0. The van der Waals surface area contributed by atoms with E-state index < -0.39 is 0 Å². The highest BCUT2D eigenvalue weighted by Gasteiger charge is 2.19. The summed E-state index contributed by atoms with van der Waals surface area (Å²) in [6, 6.07) is 18.2. The Balaban J connectivity index is 1.22. The Morgan fingerprint density at radius 3 is 1.92 bits per heavy atom. The average molecular weight is 499 g/mol. The Bertz CT molecular complexity index is 897. The van der Waals surface area contributed by atoms with Crippen molar-refractivity contribution in [3.8, 4) is 0 Å². The second-order valence-electron chi connectivity index (χ2n) is 11.0. The SMILES string of the molecule is C=CCCCc1ccc(CC=CC[C@H]2CC[C@H](CCCCc3ccc(COCCC=C)cc3)CC2)cc1. The zero-order valence-electron chi connectivity index (χ0n) is 23.2. The molecule has 2 aromatic carbocycles. The van der Waals surface area contributed by atoms with Crippen LogP contribution >= 0.6 is 0 Å². The van der Waals surface area contributed by atoms with Crippen LogP contribution in [0.2, 0.25) is 0 Å². The zero-order chi connectivity index (χ0) is 26.0. The molecule has 0 radical (unpaired) electrons. The van der Waals surface area contributed by atoms with Crippen molar-refractivity contribution in [2.45, 2.75) is 96.5 Å². The average Bonchev–Trinajstić information content (AvgIpc) is 2.94. The maximum absolute atomic E-state index is 5.66. The highest BCUT2D eigenvalue weighted by Crippen LogP contribution is 2.33. The van der Waals surface area contributed by atoms with E-state index in [0.717, 1.165) is 44.1 Å². The minimum Gasteiger partial charge on any atom is -0.376 e. The van der Waals surface area contributed by atoms with E-state index in [1.807, 2.05) is 12.2 Å². The molecule has 3 rings (SSSR count). The monoisotopic (exact) mass is 498 g/mol. The third kappa shape index (κ3) is 12.1. The minimum absolute atomic E-state index is 0.706. The first-order valence-electron chi connectivity index (χ1n) is 14.9. The largest absolute Gasteiger partial charge is 0.376 e. The standard InChI is InChI=1S/C36H50O/c1-3-5-7-12-31-17-19-32(20-18-31)13-8-9-14-33-21-23-34(24-22-33)15-10-11-16-35-25-27-36(28-26-35)30-37-29-6-4-2/h3-4,8-9,17-20,25-28,33-34H,1-2,5-7,10-16,21-24,29-30H2/t33-,34-. The molecule has 1 nitrogen and oxygen atoms in total. The Labute approximate surface area is 227 Å². The molecule has 0 spiro atoms. The third-order valence-corrected chi connectivity index (χ3v) is 7.94. The fourth-order valence-corrected chi connectivity index (χ4v) is 5.48. The molecule has 0 bridgehead atoms. The Kier molecular flexibility index (Phi) is 14.2. The van der Waals surface area contributed by atoms with Crippen LogP contribution < -0.4 is 0 Å². The van der Waals surface area contributed by atoms with Crippen LogP contribution in [0.25, 0.3) is 0 Å². The Morgan fingerprint density at radius 1 is 0.649 bits per heavy atom. The predicted molar refractivity (Wildman–Crippen MR) is 161 cm³/mol. The van der Waals surface area contributed by atoms with Crippen LogP contribution in [0.5, 0.6) is 0 Å². The third-order valence-electron chi connectivity index (χ3n) is 7.94. The van der Waals surface area contributed by atoms with Gasteiger partial charge >= 0.3 is 0 Å². The molecule has 37 heavy (non-hydrogen) atoms. The van der Waals surface area contributed by atoms with Crippen LogP contribution in [0.4, 0.5) is 0 Å². The van der Waals surface area contributed by atoms with Gasteiger partial charge in [-0.1, -0.05) is 98.5 Å². The summed E-state index contributed by atoms with van der Waals surface area (Å²) in [7, 11) is 0. The first kappa shape index (κ1) is 29.2. The van der Waals surface area contributed by atoms with E-state index in [2.05, 4.69) is 73.8 Å². The molecule has 2 aromatic rings. The van der Waals surface area contributed by atoms with Gasteiger partial charge in [0.15, 0.2) is 0 Å².